The molecular weight excluding hydrogens is 633 g/mol. The number of nitrogens with zero attached hydrogens (tertiary/aromatic N) is 1. The van der Waals surface area contributed by atoms with E-state index in [1.165, 1.54) is 84.8 Å². The number of pyridine rings is 1. The normalized spacial score (nSPS) is 11.8. The van der Waals surface area contributed by atoms with E-state index in [4.69, 9.17) is 4.98 Å². The van der Waals surface area contributed by atoms with Gasteiger partial charge < -0.3 is 0 Å². The van der Waals surface area contributed by atoms with Gasteiger partial charge in [-0.15, -0.1) is 0 Å². The summed E-state index contributed by atoms with van der Waals surface area (Å²) in [6, 6.07) is 60.2. The van der Waals surface area contributed by atoms with Crippen LogP contribution in [0.2, 0.25) is 0 Å². The van der Waals surface area contributed by atoms with Gasteiger partial charge in [-0.2, -0.15) is 0 Å². The summed E-state index contributed by atoms with van der Waals surface area (Å²) in [5.41, 5.74) is 7.19. The summed E-state index contributed by atoms with van der Waals surface area (Å²) in [7, 11) is 0. The Hall–Kier alpha value is -5.53. The number of rotatable bonds is 3. The van der Waals surface area contributed by atoms with Gasteiger partial charge in [-0.05, 0) is 0 Å². The quantitative estimate of drug-likeness (QED) is 0.136. The molecule has 2 heteroatoms. The second-order valence-corrected chi connectivity index (χ2v) is 14.5. The van der Waals surface area contributed by atoms with Crippen LogP contribution in [0.1, 0.15) is 0 Å². The second kappa shape index (κ2) is 10.5. The fourth-order valence-corrected chi connectivity index (χ4v) is 9.67. The number of fused-ring (bicyclic) bond motifs is 7. The van der Waals surface area contributed by atoms with Gasteiger partial charge in [0.2, 0.25) is 0 Å². The third kappa shape index (κ3) is 4.27. The van der Waals surface area contributed by atoms with Crippen molar-refractivity contribution < 1.29 is 0 Å². The Labute approximate surface area is 278 Å². The fraction of sp³-hybridized carbons (Fsp3) is 0. The minimum absolute atomic E-state index is 0.217. The smallest absolute Gasteiger partial charge is 0.0544 e. The van der Waals surface area contributed by atoms with E-state index in [2.05, 4.69) is 164 Å². The predicted octanol–water partition coefficient (Wildman–Crippen LogP) is 12.1. The van der Waals surface area contributed by atoms with Gasteiger partial charge in [0, 0.05) is 0 Å². The van der Waals surface area contributed by atoms with Crippen molar-refractivity contribution in [3.8, 4) is 33.5 Å². The molecule has 2 aromatic heterocycles. The zero-order valence-electron chi connectivity index (χ0n) is 25.4. The summed E-state index contributed by atoms with van der Waals surface area (Å²) in [4.78, 5) is 5.29. The first-order valence-corrected chi connectivity index (χ1v) is 17.8. The third-order valence-electron chi connectivity index (χ3n) is 9.64. The molecular formula is C45H27NSe. The molecule has 0 saturated heterocycles. The molecule has 8 aromatic carbocycles. The van der Waals surface area contributed by atoms with Crippen LogP contribution in [0.15, 0.2) is 164 Å². The molecule has 10 aromatic rings. The molecule has 0 fully saturated rings. The van der Waals surface area contributed by atoms with Crippen LogP contribution in [0.4, 0.5) is 0 Å². The van der Waals surface area contributed by atoms with Crippen LogP contribution in [0.3, 0.4) is 0 Å². The average Bonchev–Trinajstić information content (AvgIpc) is 3.51. The molecule has 0 unspecified atom stereocenters. The topological polar surface area (TPSA) is 12.9 Å². The first kappa shape index (κ1) is 26.7. The molecule has 218 valence electrons. The molecule has 0 atom stereocenters. The van der Waals surface area contributed by atoms with Crippen molar-refractivity contribution in [3.05, 3.63) is 164 Å². The molecule has 1 nitrogen and oxygen atoms in total. The van der Waals surface area contributed by atoms with Crippen LogP contribution in [-0.2, 0) is 0 Å². The average molecular weight is 661 g/mol. The van der Waals surface area contributed by atoms with Crippen molar-refractivity contribution in [2.24, 2.45) is 0 Å². The molecule has 10 rings (SSSR count). The van der Waals surface area contributed by atoms with Crippen molar-refractivity contribution in [2.45, 2.75) is 0 Å². The second-order valence-electron chi connectivity index (χ2n) is 12.3. The molecule has 0 aliphatic carbocycles. The molecule has 0 aliphatic heterocycles. The maximum atomic E-state index is 5.29. The van der Waals surface area contributed by atoms with Gasteiger partial charge >= 0.3 is 255 Å². The van der Waals surface area contributed by atoms with Crippen molar-refractivity contribution >= 4 is 77.0 Å². The first-order chi connectivity index (χ1) is 23.3. The zero-order valence-corrected chi connectivity index (χ0v) is 27.2. The van der Waals surface area contributed by atoms with Crippen molar-refractivity contribution in [1.82, 2.24) is 4.98 Å². The van der Waals surface area contributed by atoms with Crippen LogP contribution in [-0.4, -0.2) is 19.5 Å². The van der Waals surface area contributed by atoms with E-state index in [-0.39, 0.29) is 14.5 Å². The van der Waals surface area contributed by atoms with E-state index in [0.717, 1.165) is 11.3 Å². The predicted molar refractivity (Wildman–Crippen MR) is 203 cm³/mol. The Morgan fingerprint density at radius 2 is 0.851 bits per heavy atom. The fourth-order valence-electron chi connectivity index (χ4n) is 7.42. The van der Waals surface area contributed by atoms with Crippen molar-refractivity contribution in [1.29, 1.82) is 0 Å². The van der Waals surface area contributed by atoms with Crippen LogP contribution in [0.5, 0.6) is 0 Å². The summed E-state index contributed by atoms with van der Waals surface area (Å²) in [6.07, 6.45) is 0. The van der Waals surface area contributed by atoms with E-state index < -0.39 is 0 Å². The summed E-state index contributed by atoms with van der Waals surface area (Å²) >= 11 is 0.217. The number of hydrogen-bond acceptors (Lipinski definition) is 1. The SMILES string of the molecule is c1ccc2cc(-c3c4ccccc4c(-c4ccc5ccccc5c4)c4cc(-c5ccc6c(n5)[se]c5ccccc56)ccc34)ccc2c1. The van der Waals surface area contributed by atoms with E-state index in [1.807, 2.05) is 0 Å². The summed E-state index contributed by atoms with van der Waals surface area (Å²) < 4.78 is 2.64. The standard InChI is InChI=1S/C45H27NSe/c1-3-11-30-25-33(19-17-28(30)9-1)43-36-14-5-6-15-37(36)44(34-20-18-29-10-2-4-12-31(29)26-34)40-27-32(21-22-38(40)43)41-24-23-39-35-13-7-8-16-42(35)47-45(39)46-41/h1-27H. The number of aromatic nitrogens is 1. The molecule has 0 amide bonds. The molecule has 0 aliphatic rings. The van der Waals surface area contributed by atoms with Crippen LogP contribution < -0.4 is 0 Å². The monoisotopic (exact) mass is 661 g/mol. The van der Waals surface area contributed by atoms with Crippen molar-refractivity contribution in [2.75, 3.05) is 0 Å². The number of hydrogen-bond donors (Lipinski definition) is 0. The number of benzene rings is 8. The van der Waals surface area contributed by atoms with Gasteiger partial charge in [0.05, 0.1) is 0 Å². The van der Waals surface area contributed by atoms with Gasteiger partial charge in [-0.25, -0.2) is 0 Å². The molecule has 47 heavy (non-hydrogen) atoms. The molecule has 0 saturated carbocycles. The third-order valence-corrected chi connectivity index (χ3v) is 11.9. The van der Waals surface area contributed by atoms with Crippen LogP contribution >= 0.6 is 0 Å². The Bertz CT molecular complexity index is 2860. The summed E-state index contributed by atoms with van der Waals surface area (Å²) in [5.74, 6) is 0. The van der Waals surface area contributed by atoms with Gasteiger partial charge in [-0.3, -0.25) is 0 Å². The Balaban J connectivity index is 1.29. The van der Waals surface area contributed by atoms with Gasteiger partial charge in [0.1, 0.15) is 0 Å². The molecule has 0 bridgehead atoms. The van der Waals surface area contributed by atoms with Crippen LogP contribution in [0.25, 0.3) is 96.0 Å². The van der Waals surface area contributed by atoms with Crippen molar-refractivity contribution in [3.63, 3.8) is 0 Å². The van der Waals surface area contributed by atoms with E-state index in [9.17, 15) is 0 Å². The summed E-state index contributed by atoms with van der Waals surface area (Å²) in [5, 5.41) is 12.7. The molecule has 2 heterocycles. The maximum absolute atomic E-state index is 5.29. The van der Waals surface area contributed by atoms with E-state index >= 15 is 0 Å². The molecule has 0 N–H and O–H groups in total. The Morgan fingerprint density at radius 3 is 1.53 bits per heavy atom. The van der Waals surface area contributed by atoms with Gasteiger partial charge in [0.15, 0.2) is 0 Å². The first-order valence-electron chi connectivity index (χ1n) is 16.0. The van der Waals surface area contributed by atoms with E-state index in [1.54, 1.807) is 0 Å². The van der Waals surface area contributed by atoms with Gasteiger partial charge in [0.25, 0.3) is 0 Å². The molecule has 0 spiro atoms. The Morgan fingerprint density at radius 1 is 0.340 bits per heavy atom. The molecule has 0 radical (unpaired) electrons. The Kier molecular flexibility index (Phi) is 5.96. The minimum atomic E-state index is 0.217. The summed E-state index contributed by atoms with van der Waals surface area (Å²) in [6.45, 7) is 0. The zero-order chi connectivity index (χ0) is 30.9. The van der Waals surface area contributed by atoms with Crippen LogP contribution in [0, 0.1) is 0 Å². The minimum Gasteiger partial charge on any atom is -0.0544 e. The van der Waals surface area contributed by atoms with Gasteiger partial charge in [-0.1, -0.05) is 24.3 Å². The van der Waals surface area contributed by atoms with E-state index in [0.29, 0.717) is 0 Å².